The van der Waals surface area contributed by atoms with E-state index in [-0.39, 0.29) is 30.5 Å². The molecular weight excluding hydrogens is 354 g/mol. The second-order valence-corrected chi connectivity index (χ2v) is 6.16. The van der Waals surface area contributed by atoms with E-state index in [0.717, 1.165) is 23.3 Å². The molecule has 5 nitrogen and oxygen atoms in total. The molecule has 0 aliphatic rings. The van der Waals surface area contributed by atoms with Crippen LogP contribution in [0.1, 0.15) is 40.9 Å². The number of hydrogen-bond donors (Lipinski definition) is 2. The van der Waals surface area contributed by atoms with E-state index in [4.69, 9.17) is 4.74 Å². The Morgan fingerprint density at radius 3 is 2.56 bits per heavy atom. The molecule has 2 aromatic rings. The molecule has 0 heterocycles. The molecule has 0 aromatic heterocycles. The van der Waals surface area contributed by atoms with Crippen LogP contribution in [0.5, 0.6) is 5.75 Å². The van der Waals surface area contributed by atoms with E-state index >= 15 is 0 Å². The topological polar surface area (TPSA) is 67.4 Å². The zero-order chi connectivity index (χ0) is 20.0. The van der Waals surface area contributed by atoms with Crippen molar-refractivity contribution in [3.05, 3.63) is 64.7 Å². The van der Waals surface area contributed by atoms with E-state index < -0.39 is 17.5 Å². The van der Waals surface area contributed by atoms with Gasteiger partial charge in [0.1, 0.15) is 17.4 Å². The molecule has 0 fully saturated rings. The van der Waals surface area contributed by atoms with E-state index in [2.05, 4.69) is 10.6 Å². The van der Waals surface area contributed by atoms with Crippen LogP contribution in [0.2, 0.25) is 0 Å². The highest BCUT2D eigenvalue weighted by atomic mass is 19.1. The number of hydrogen-bond acceptors (Lipinski definition) is 3. The Morgan fingerprint density at radius 2 is 1.89 bits per heavy atom. The van der Waals surface area contributed by atoms with Gasteiger partial charge in [0.15, 0.2) is 0 Å². The minimum atomic E-state index is -0.947. The molecular formula is C20H22F2N2O3. The van der Waals surface area contributed by atoms with Crippen molar-refractivity contribution in [1.29, 1.82) is 0 Å². The number of amides is 2. The Hall–Kier alpha value is -2.96. The molecule has 0 saturated heterocycles. The second-order valence-electron chi connectivity index (χ2n) is 6.16. The number of carbonyl (C=O) groups is 2. The lowest BCUT2D eigenvalue weighted by Crippen LogP contribution is -2.32. The maximum absolute atomic E-state index is 13.6. The number of methoxy groups -OCH3 is 1. The maximum Gasteiger partial charge on any atom is 0.254 e. The highest BCUT2D eigenvalue weighted by molar-refractivity contribution is 5.94. The van der Waals surface area contributed by atoms with Gasteiger partial charge in [0, 0.05) is 24.6 Å². The zero-order valence-corrected chi connectivity index (χ0v) is 15.4. The fourth-order valence-corrected chi connectivity index (χ4v) is 2.64. The number of benzene rings is 2. The van der Waals surface area contributed by atoms with E-state index in [9.17, 15) is 18.4 Å². The lowest BCUT2D eigenvalue weighted by Gasteiger charge is -2.18. The summed E-state index contributed by atoms with van der Waals surface area (Å²) in [4.78, 5) is 24.0. The van der Waals surface area contributed by atoms with Crippen LogP contribution in [0.25, 0.3) is 0 Å². The number of ether oxygens (including phenoxy) is 1. The van der Waals surface area contributed by atoms with Crippen LogP contribution < -0.4 is 15.4 Å². The molecule has 0 aliphatic heterocycles. The van der Waals surface area contributed by atoms with E-state index in [1.165, 1.54) is 0 Å². The van der Waals surface area contributed by atoms with Gasteiger partial charge in [-0.1, -0.05) is 17.7 Å². The number of rotatable bonds is 7. The quantitative estimate of drug-likeness (QED) is 0.779. The van der Waals surface area contributed by atoms with Gasteiger partial charge in [0.25, 0.3) is 5.91 Å². The first-order chi connectivity index (χ1) is 12.8. The van der Waals surface area contributed by atoms with Crippen LogP contribution in [-0.2, 0) is 4.79 Å². The molecule has 0 aliphatic carbocycles. The monoisotopic (exact) mass is 376 g/mol. The van der Waals surface area contributed by atoms with Crippen molar-refractivity contribution in [2.24, 2.45) is 0 Å². The molecule has 7 heteroatoms. The van der Waals surface area contributed by atoms with Crippen molar-refractivity contribution in [3.8, 4) is 5.75 Å². The number of carbonyl (C=O) groups excluding carboxylic acids is 2. The predicted octanol–water partition coefficient (Wildman–Crippen LogP) is 3.28. The van der Waals surface area contributed by atoms with E-state index in [1.807, 2.05) is 32.0 Å². The lowest BCUT2D eigenvalue weighted by atomic mass is 10.0. The lowest BCUT2D eigenvalue weighted by molar-refractivity contribution is -0.121. The molecule has 2 rings (SSSR count). The van der Waals surface area contributed by atoms with Crippen LogP contribution in [0, 0.1) is 18.6 Å². The molecule has 2 aromatic carbocycles. The standard InChI is InChI=1S/C20H22F2N2O3/c1-12-4-7-18(27-3)16(10-12)13(2)24-19(25)8-9-23-20(26)15-6-5-14(21)11-17(15)22/h4-7,10-11,13H,8-9H2,1-3H3,(H,23,26)(H,24,25). The summed E-state index contributed by atoms with van der Waals surface area (Å²) in [6, 6.07) is 8.11. The fraction of sp³-hybridized carbons (Fsp3) is 0.300. The summed E-state index contributed by atoms with van der Waals surface area (Å²) in [6.07, 6.45) is 0.0209. The van der Waals surface area contributed by atoms with Crippen molar-refractivity contribution in [1.82, 2.24) is 10.6 Å². The zero-order valence-electron chi connectivity index (χ0n) is 15.4. The molecule has 0 saturated carbocycles. The first-order valence-electron chi connectivity index (χ1n) is 8.49. The summed E-state index contributed by atoms with van der Waals surface area (Å²) >= 11 is 0. The Kier molecular flexibility index (Phi) is 6.87. The highest BCUT2D eigenvalue weighted by Gasteiger charge is 2.16. The third-order valence-corrected chi connectivity index (χ3v) is 4.04. The minimum absolute atomic E-state index is 0.0209. The Bertz CT molecular complexity index is 840. The summed E-state index contributed by atoms with van der Waals surface area (Å²) in [5.74, 6) is -2.01. The third-order valence-electron chi connectivity index (χ3n) is 4.04. The van der Waals surface area contributed by atoms with Gasteiger partial charge in [-0.05, 0) is 32.0 Å². The molecule has 144 valence electrons. The SMILES string of the molecule is COc1ccc(C)cc1C(C)NC(=O)CCNC(=O)c1ccc(F)cc1F. The van der Waals surface area contributed by atoms with Gasteiger partial charge in [0.05, 0.1) is 18.7 Å². The molecule has 0 radical (unpaired) electrons. The molecule has 1 unspecified atom stereocenters. The molecule has 1 atom stereocenters. The number of aryl methyl sites for hydroxylation is 1. The van der Waals surface area contributed by atoms with Crippen molar-refractivity contribution in [3.63, 3.8) is 0 Å². The summed E-state index contributed by atoms with van der Waals surface area (Å²) in [5.41, 5.74) is 1.62. The smallest absolute Gasteiger partial charge is 0.254 e. The molecule has 2 amide bonds. The summed E-state index contributed by atoms with van der Waals surface area (Å²) in [7, 11) is 1.56. The van der Waals surface area contributed by atoms with Crippen LogP contribution in [0.3, 0.4) is 0 Å². The van der Waals surface area contributed by atoms with Gasteiger partial charge in [0.2, 0.25) is 5.91 Å². The summed E-state index contributed by atoms with van der Waals surface area (Å²) < 4.78 is 31.7. The van der Waals surface area contributed by atoms with Crippen molar-refractivity contribution in [2.75, 3.05) is 13.7 Å². The third kappa shape index (κ3) is 5.51. The van der Waals surface area contributed by atoms with Crippen LogP contribution in [0.4, 0.5) is 8.78 Å². The van der Waals surface area contributed by atoms with Gasteiger partial charge in [-0.2, -0.15) is 0 Å². The molecule has 2 N–H and O–H groups in total. The normalized spacial score (nSPS) is 11.6. The average Bonchev–Trinajstić information content (AvgIpc) is 2.61. The minimum Gasteiger partial charge on any atom is -0.496 e. The molecule has 0 bridgehead atoms. The second kappa shape index (κ2) is 9.12. The van der Waals surface area contributed by atoms with Crippen LogP contribution >= 0.6 is 0 Å². The first-order valence-corrected chi connectivity index (χ1v) is 8.49. The van der Waals surface area contributed by atoms with E-state index in [0.29, 0.717) is 11.8 Å². The number of halogens is 2. The maximum atomic E-state index is 13.6. The van der Waals surface area contributed by atoms with Gasteiger partial charge in [-0.15, -0.1) is 0 Å². The van der Waals surface area contributed by atoms with Gasteiger partial charge in [-0.25, -0.2) is 8.78 Å². The average molecular weight is 376 g/mol. The number of nitrogens with one attached hydrogen (secondary N) is 2. The predicted molar refractivity (Wildman–Crippen MR) is 97.6 cm³/mol. The Balaban J connectivity index is 1.87. The van der Waals surface area contributed by atoms with Gasteiger partial charge in [-0.3, -0.25) is 9.59 Å². The Morgan fingerprint density at radius 1 is 1.15 bits per heavy atom. The largest absolute Gasteiger partial charge is 0.496 e. The summed E-state index contributed by atoms with van der Waals surface area (Å²) in [6.45, 7) is 3.81. The van der Waals surface area contributed by atoms with Crippen molar-refractivity contribution < 1.29 is 23.1 Å². The van der Waals surface area contributed by atoms with Crippen LogP contribution in [-0.4, -0.2) is 25.5 Å². The van der Waals surface area contributed by atoms with Gasteiger partial charge >= 0.3 is 0 Å². The van der Waals surface area contributed by atoms with Crippen molar-refractivity contribution in [2.45, 2.75) is 26.3 Å². The highest BCUT2D eigenvalue weighted by Crippen LogP contribution is 2.26. The van der Waals surface area contributed by atoms with Gasteiger partial charge < -0.3 is 15.4 Å². The fourth-order valence-electron chi connectivity index (χ4n) is 2.64. The molecule has 0 spiro atoms. The molecule has 27 heavy (non-hydrogen) atoms. The van der Waals surface area contributed by atoms with Crippen molar-refractivity contribution >= 4 is 11.8 Å². The summed E-state index contributed by atoms with van der Waals surface area (Å²) in [5, 5.41) is 5.28. The Labute approximate surface area is 156 Å². The van der Waals surface area contributed by atoms with Crippen LogP contribution in [0.15, 0.2) is 36.4 Å². The van der Waals surface area contributed by atoms with E-state index in [1.54, 1.807) is 7.11 Å². The first kappa shape index (κ1) is 20.4.